The van der Waals surface area contributed by atoms with E-state index in [-0.39, 0.29) is 29.0 Å². The van der Waals surface area contributed by atoms with E-state index < -0.39 is 48.2 Å². The molecule has 2 aromatic rings. The van der Waals surface area contributed by atoms with Crippen LogP contribution in [0.4, 0.5) is 9.18 Å². The third-order valence-corrected chi connectivity index (χ3v) is 7.08. The molecule has 1 fully saturated rings. The molecule has 37 heavy (non-hydrogen) atoms. The summed E-state index contributed by atoms with van der Waals surface area (Å²) in [5.74, 6) is -1.65. The Labute approximate surface area is 226 Å². The summed E-state index contributed by atoms with van der Waals surface area (Å²) in [6, 6.07) is 13.3. The van der Waals surface area contributed by atoms with Crippen LogP contribution < -0.4 is 10.6 Å². The molecule has 5 atom stereocenters. The quantitative estimate of drug-likeness (QED) is 0.371. The van der Waals surface area contributed by atoms with Gasteiger partial charge in [0.05, 0.1) is 29.7 Å². The van der Waals surface area contributed by atoms with Crippen LogP contribution >= 0.6 is 23.2 Å². The molecule has 1 amide bonds. The Balaban J connectivity index is 2.11. The lowest BCUT2D eigenvalue weighted by molar-refractivity contribution is 0.0685. The fraction of sp³-hybridized carbons (Fsp3) is 0.481. The number of alkyl carbamates (subject to hydrolysis) is 1. The maximum atomic E-state index is 15.5. The van der Waals surface area contributed by atoms with Crippen molar-refractivity contribution < 1.29 is 24.1 Å². The predicted molar refractivity (Wildman–Crippen MR) is 140 cm³/mol. The van der Waals surface area contributed by atoms with Crippen LogP contribution in [-0.4, -0.2) is 47.8 Å². The minimum atomic E-state index is -1.35. The molecule has 3 rings (SSSR count). The van der Waals surface area contributed by atoms with Gasteiger partial charge >= 0.3 is 6.09 Å². The fourth-order valence-electron chi connectivity index (χ4n) is 4.89. The molecular formula is C27H32Cl2FN3O4. The van der Waals surface area contributed by atoms with Crippen molar-refractivity contribution in [3.63, 3.8) is 0 Å². The maximum absolute atomic E-state index is 15.5. The zero-order valence-electron chi connectivity index (χ0n) is 21.0. The van der Waals surface area contributed by atoms with Gasteiger partial charge in [0.25, 0.3) is 0 Å². The van der Waals surface area contributed by atoms with Crippen molar-refractivity contribution in [2.45, 2.75) is 63.3 Å². The van der Waals surface area contributed by atoms with E-state index in [1.165, 1.54) is 6.07 Å². The summed E-state index contributed by atoms with van der Waals surface area (Å²) in [4.78, 5) is 12.7. The molecule has 0 saturated carbocycles. The number of nitriles is 1. The number of aliphatic hydroxyl groups is 2. The normalized spacial score (nSPS) is 24.4. The van der Waals surface area contributed by atoms with Gasteiger partial charge in [-0.3, -0.25) is 5.32 Å². The summed E-state index contributed by atoms with van der Waals surface area (Å²) < 4.78 is 21.3. The lowest BCUT2D eigenvalue weighted by Gasteiger charge is -2.37. The molecule has 0 radical (unpaired) electrons. The molecule has 0 unspecified atom stereocenters. The second kappa shape index (κ2) is 12.0. The van der Waals surface area contributed by atoms with Crippen LogP contribution in [0.25, 0.3) is 0 Å². The predicted octanol–water partition coefficient (Wildman–Crippen LogP) is 4.88. The van der Waals surface area contributed by atoms with Crippen LogP contribution in [0.1, 0.15) is 50.7 Å². The number of benzene rings is 2. The van der Waals surface area contributed by atoms with Gasteiger partial charge in [-0.1, -0.05) is 68.2 Å². The van der Waals surface area contributed by atoms with Gasteiger partial charge in [0.15, 0.2) is 6.23 Å². The second-order valence-electron chi connectivity index (χ2n) is 10.5. The lowest BCUT2D eigenvalue weighted by atomic mass is 9.64. The molecule has 4 N–H and O–H groups in total. The standard InChI is InChI=1S/C27H32Cl2FN3O4/c1-26(2,3)13-21-27(15-31,16-7-9-17(28)10-8-16)22(19-5-4-6-20(29)23(19)30)24(33-21)37-25(36)32-12-11-18(35)14-34/h4-10,18,21-22,24,33-35H,11-14H2,1-3H3,(H,32,36)/t18-,21+,22+,24-,27+/m1/s1. The molecule has 1 heterocycles. The van der Waals surface area contributed by atoms with E-state index in [4.69, 9.17) is 33.0 Å². The van der Waals surface area contributed by atoms with E-state index in [2.05, 4.69) is 16.7 Å². The minimum absolute atomic E-state index is 0.0511. The maximum Gasteiger partial charge on any atom is 0.408 e. The topological polar surface area (TPSA) is 115 Å². The molecule has 0 aromatic heterocycles. The Bertz CT molecular complexity index is 1140. The van der Waals surface area contributed by atoms with E-state index in [0.717, 1.165) is 0 Å². The molecule has 1 saturated heterocycles. The van der Waals surface area contributed by atoms with Crippen LogP contribution in [0.3, 0.4) is 0 Å². The minimum Gasteiger partial charge on any atom is -0.430 e. The highest BCUT2D eigenvalue weighted by Gasteiger charge is 2.60. The number of aliphatic hydroxyl groups excluding tert-OH is 2. The second-order valence-corrected chi connectivity index (χ2v) is 11.3. The molecule has 10 heteroatoms. The van der Waals surface area contributed by atoms with Crippen molar-refractivity contribution in [1.29, 1.82) is 5.26 Å². The number of halogens is 3. The van der Waals surface area contributed by atoms with E-state index in [9.17, 15) is 15.2 Å². The van der Waals surface area contributed by atoms with Crippen LogP contribution in [0.15, 0.2) is 42.5 Å². The van der Waals surface area contributed by atoms with E-state index >= 15 is 4.39 Å². The monoisotopic (exact) mass is 551 g/mol. The van der Waals surface area contributed by atoms with Crippen LogP contribution in [0.2, 0.25) is 10.0 Å². The molecule has 2 aromatic carbocycles. The van der Waals surface area contributed by atoms with Gasteiger partial charge in [-0.2, -0.15) is 5.26 Å². The zero-order chi connectivity index (χ0) is 27.4. The zero-order valence-corrected chi connectivity index (χ0v) is 22.5. The highest BCUT2D eigenvalue weighted by molar-refractivity contribution is 6.31. The summed E-state index contributed by atoms with van der Waals surface area (Å²) in [5, 5.41) is 35.5. The average molecular weight is 552 g/mol. The molecule has 0 spiro atoms. The largest absolute Gasteiger partial charge is 0.430 e. The summed E-state index contributed by atoms with van der Waals surface area (Å²) >= 11 is 12.3. The van der Waals surface area contributed by atoms with Gasteiger partial charge < -0.3 is 20.3 Å². The lowest BCUT2D eigenvalue weighted by Crippen LogP contribution is -2.44. The number of carbonyl (C=O) groups excluding carboxylic acids is 1. The smallest absolute Gasteiger partial charge is 0.408 e. The molecule has 0 bridgehead atoms. The van der Waals surface area contributed by atoms with E-state index in [1.54, 1.807) is 36.4 Å². The fourth-order valence-corrected chi connectivity index (χ4v) is 5.20. The van der Waals surface area contributed by atoms with Crippen molar-refractivity contribution in [3.8, 4) is 6.07 Å². The average Bonchev–Trinajstić information content (AvgIpc) is 3.12. The summed E-state index contributed by atoms with van der Waals surface area (Å²) in [6.45, 7) is 5.70. The number of nitrogens with zero attached hydrogens (tertiary/aromatic N) is 1. The number of amides is 1. The summed E-state index contributed by atoms with van der Waals surface area (Å²) in [6.07, 6.45) is -2.25. The number of hydrogen-bond acceptors (Lipinski definition) is 6. The molecule has 0 aliphatic carbocycles. The number of hydrogen-bond donors (Lipinski definition) is 4. The van der Waals surface area contributed by atoms with E-state index in [0.29, 0.717) is 17.0 Å². The molecule has 7 nitrogen and oxygen atoms in total. The van der Waals surface area contributed by atoms with Crippen LogP contribution in [0.5, 0.6) is 0 Å². The van der Waals surface area contributed by atoms with E-state index in [1.807, 2.05) is 20.8 Å². The Hall–Kier alpha value is -2.41. The van der Waals surface area contributed by atoms with Crippen molar-refractivity contribution in [2.75, 3.05) is 13.2 Å². The van der Waals surface area contributed by atoms with Gasteiger partial charge in [0, 0.05) is 17.6 Å². The number of rotatable bonds is 8. The van der Waals surface area contributed by atoms with Crippen molar-refractivity contribution >= 4 is 29.3 Å². The molecular weight excluding hydrogens is 520 g/mol. The first-order valence-electron chi connectivity index (χ1n) is 12.0. The van der Waals surface area contributed by atoms with Crippen molar-refractivity contribution in [3.05, 3.63) is 69.5 Å². The molecule has 1 aliphatic rings. The molecule has 200 valence electrons. The Morgan fingerprint density at radius 1 is 1.27 bits per heavy atom. The third kappa shape index (κ3) is 6.54. The first-order chi connectivity index (χ1) is 17.4. The summed E-state index contributed by atoms with van der Waals surface area (Å²) in [7, 11) is 0. The molecule has 1 aliphatic heterocycles. The van der Waals surface area contributed by atoms with Gasteiger partial charge in [0.1, 0.15) is 11.2 Å². The summed E-state index contributed by atoms with van der Waals surface area (Å²) in [5.41, 5.74) is -0.840. The highest BCUT2D eigenvalue weighted by atomic mass is 35.5. The van der Waals surface area contributed by atoms with Gasteiger partial charge in [-0.15, -0.1) is 0 Å². The third-order valence-electron chi connectivity index (χ3n) is 6.54. The van der Waals surface area contributed by atoms with Crippen LogP contribution in [-0.2, 0) is 10.2 Å². The Morgan fingerprint density at radius 3 is 2.54 bits per heavy atom. The van der Waals surface area contributed by atoms with Gasteiger partial charge in [0.2, 0.25) is 0 Å². The number of carbonyl (C=O) groups is 1. The van der Waals surface area contributed by atoms with Crippen LogP contribution in [0, 0.1) is 22.6 Å². The van der Waals surface area contributed by atoms with Crippen molar-refractivity contribution in [2.24, 2.45) is 5.41 Å². The van der Waals surface area contributed by atoms with Gasteiger partial charge in [-0.25, -0.2) is 9.18 Å². The number of ether oxygens (including phenoxy) is 1. The Kier molecular flexibility index (Phi) is 9.43. The first-order valence-corrected chi connectivity index (χ1v) is 12.8. The SMILES string of the molecule is CC(C)(C)C[C@@H]1N[C@H](OC(=O)NCC[C@@H](O)CO)[C@H](c2cccc(Cl)c2F)[C@@]1(C#N)c1ccc(Cl)cc1. The highest BCUT2D eigenvalue weighted by Crippen LogP contribution is 2.52. The Morgan fingerprint density at radius 2 is 1.95 bits per heavy atom. The van der Waals surface area contributed by atoms with Crippen molar-refractivity contribution in [1.82, 2.24) is 10.6 Å². The van der Waals surface area contributed by atoms with Gasteiger partial charge in [-0.05, 0) is 47.6 Å². The number of nitrogens with one attached hydrogen (secondary N) is 2. The first kappa shape index (κ1) is 29.2.